The molecule has 5 nitrogen and oxygen atoms in total. The number of hydrogen-bond donors (Lipinski definition) is 2. The molecule has 0 heterocycles. The van der Waals surface area contributed by atoms with Crippen LogP contribution in [0.4, 0.5) is 0 Å². The van der Waals surface area contributed by atoms with Gasteiger partial charge in [0.15, 0.2) is 6.61 Å². The molecule has 0 saturated heterocycles. The Morgan fingerprint density at radius 2 is 1.86 bits per heavy atom. The minimum absolute atomic E-state index is 0.233. The van der Waals surface area contributed by atoms with Crippen molar-refractivity contribution in [3.05, 3.63) is 29.8 Å². The molecule has 2 atom stereocenters. The van der Waals surface area contributed by atoms with Gasteiger partial charge in [-0.15, -0.1) is 11.8 Å². The average molecular weight is 404 g/mol. The topological polar surface area (TPSA) is 75.6 Å². The van der Waals surface area contributed by atoms with Gasteiger partial charge in [-0.1, -0.05) is 17.7 Å². The molecule has 4 saturated carbocycles. The van der Waals surface area contributed by atoms with Crippen molar-refractivity contribution >= 4 is 23.6 Å². The first-order valence-electron chi connectivity index (χ1n) is 10.2. The van der Waals surface area contributed by atoms with Crippen LogP contribution in [0.1, 0.15) is 44.1 Å². The van der Waals surface area contributed by atoms with E-state index in [4.69, 9.17) is 4.74 Å². The van der Waals surface area contributed by atoms with Gasteiger partial charge in [-0.2, -0.15) is 0 Å². The molecule has 4 aliphatic carbocycles. The summed E-state index contributed by atoms with van der Waals surface area (Å²) in [6.07, 6.45) is 4.87. The standard InChI is InChI=1S/C22H29NO4S/c1-15-2-4-18(5-3-15)28-7-6-23-19(24)13-27-20(25)21-9-16-8-17(10-21)12-22(26,11-16)14-21/h2-5,16-17,26H,6-14H2,1H3,(H,23,24). The highest BCUT2D eigenvalue weighted by Crippen LogP contribution is 2.61. The van der Waals surface area contributed by atoms with Gasteiger partial charge in [0.25, 0.3) is 5.91 Å². The zero-order valence-corrected chi connectivity index (χ0v) is 17.2. The van der Waals surface area contributed by atoms with E-state index >= 15 is 0 Å². The monoisotopic (exact) mass is 403 g/mol. The van der Waals surface area contributed by atoms with Gasteiger partial charge in [0, 0.05) is 17.2 Å². The summed E-state index contributed by atoms with van der Waals surface area (Å²) in [5.41, 5.74) is -0.0375. The van der Waals surface area contributed by atoms with Crippen LogP contribution in [0.3, 0.4) is 0 Å². The number of ether oxygens (including phenoxy) is 1. The number of nitrogens with one attached hydrogen (secondary N) is 1. The number of aryl methyl sites for hydroxylation is 1. The van der Waals surface area contributed by atoms with E-state index in [0.717, 1.165) is 37.9 Å². The van der Waals surface area contributed by atoms with Crippen molar-refractivity contribution in [2.75, 3.05) is 18.9 Å². The normalized spacial score (nSPS) is 32.9. The van der Waals surface area contributed by atoms with Crippen molar-refractivity contribution in [1.82, 2.24) is 5.32 Å². The molecule has 5 rings (SSSR count). The fourth-order valence-electron chi connectivity index (χ4n) is 5.78. The lowest BCUT2D eigenvalue weighted by Crippen LogP contribution is -2.58. The van der Waals surface area contributed by atoms with Crippen molar-refractivity contribution in [2.45, 2.75) is 55.9 Å². The first-order valence-corrected chi connectivity index (χ1v) is 11.2. The predicted octanol–water partition coefficient (Wildman–Crippen LogP) is 3.08. The molecule has 1 aromatic carbocycles. The van der Waals surface area contributed by atoms with Crippen LogP contribution in [0.5, 0.6) is 0 Å². The van der Waals surface area contributed by atoms with E-state index in [-0.39, 0.29) is 18.5 Å². The van der Waals surface area contributed by atoms with Crippen molar-refractivity contribution in [1.29, 1.82) is 0 Å². The summed E-state index contributed by atoms with van der Waals surface area (Å²) in [6, 6.07) is 8.29. The largest absolute Gasteiger partial charge is 0.455 e. The molecular weight excluding hydrogens is 374 g/mol. The lowest BCUT2D eigenvalue weighted by Gasteiger charge is -2.58. The smallest absolute Gasteiger partial charge is 0.312 e. The molecule has 0 radical (unpaired) electrons. The molecule has 0 spiro atoms. The Hall–Kier alpha value is -1.53. The Labute approximate surface area is 170 Å². The lowest BCUT2D eigenvalue weighted by molar-refractivity contribution is -0.196. The molecule has 1 amide bonds. The van der Waals surface area contributed by atoms with Crippen LogP contribution in [0.15, 0.2) is 29.2 Å². The summed E-state index contributed by atoms with van der Waals surface area (Å²) in [5.74, 6) is 1.06. The van der Waals surface area contributed by atoms with E-state index in [1.165, 1.54) is 10.5 Å². The lowest BCUT2D eigenvalue weighted by atomic mass is 9.48. The Morgan fingerprint density at radius 3 is 2.50 bits per heavy atom. The molecule has 4 bridgehead atoms. The third-order valence-electron chi connectivity index (χ3n) is 6.51. The molecule has 4 aliphatic rings. The summed E-state index contributed by atoms with van der Waals surface area (Å²) < 4.78 is 5.39. The Bertz CT molecular complexity index is 733. The number of benzene rings is 1. The minimum atomic E-state index is -0.696. The van der Waals surface area contributed by atoms with Gasteiger partial charge < -0.3 is 15.2 Å². The van der Waals surface area contributed by atoms with Gasteiger partial charge in [-0.3, -0.25) is 9.59 Å². The molecule has 28 heavy (non-hydrogen) atoms. The van der Waals surface area contributed by atoms with Gasteiger partial charge >= 0.3 is 5.97 Å². The van der Waals surface area contributed by atoms with E-state index in [9.17, 15) is 14.7 Å². The number of aliphatic hydroxyl groups is 1. The Kier molecular flexibility index (Phi) is 5.45. The fourth-order valence-corrected chi connectivity index (χ4v) is 6.55. The van der Waals surface area contributed by atoms with Crippen LogP contribution in [0.2, 0.25) is 0 Å². The average Bonchev–Trinajstić information content (AvgIpc) is 2.62. The summed E-state index contributed by atoms with van der Waals surface area (Å²) in [5, 5.41) is 13.6. The third-order valence-corrected chi connectivity index (χ3v) is 7.53. The maximum Gasteiger partial charge on any atom is 0.312 e. The zero-order chi connectivity index (χ0) is 19.8. The number of amides is 1. The second-order valence-corrected chi connectivity index (χ2v) is 10.2. The first-order chi connectivity index (χ1) is 13.4. The molecule has 6 heteroatoms. The van der Waals surface area contributed by atoms with E-state index in [2.05, 4.69) is 36.5 Å². The highest BCUT2D eigenvalue weighted by atomic mass is 32.2. The van der Waals surface area contributed by atoms with E-state index in [1.54, 1.807) is 11.8 Å². The maximum absolute atomic E-state index is 12.8. The number of rotatable bonds is 7. The van der Waals surface area contributed by atoms with Crippen LogP contribution in [-0.2, 0) is 14.3 Å². The van der Waals surface area contributed by atoms with Gasteiger partial charge in [0.05, 0.1) is 11.0 Å². The van der Waals surface area contributed by atoms with Gasteiger partial charge in [0.1, 0.15) is 0 Å². The van der Waals surface area contributed by atoms with Crippen LogP contribution in [-0.4, -0.2) is 41.5 Å². The van der Waals surface area contributed by atoms with Crippen molar-refractivity contribution in [3.8, 4) is 0 Å². The second kappa shape index (κ2) is 7.71. The molecule has 0 aliphatic heterocycles. The van der Waals surface area contributed by atoms with Crippen LogP contribution in [0.25, 0.3) is 0 Å². The number of carbonyl (C=O) groups is 2. The molecule has 2 N–H and O–H groups in total. The van der Waals surface area contributed by atoms with Crippen molar-refractivity contribution < 1.29 is 19.4 Å². The van der Waals surface area contributed by atoms with Gasteiger partial charge in [-0.25, -0.2) is 0 Å². The summed E-state index contributed by atoms with van der Waals surface area (Å²) in [7, 11) is 0. The predicted molar refractivity (Wildman–Crippen MR) is 108 cm³/mol. The number of thioether (sulfide) groups is 1. The summed E-state index contributed by atoms with van der Waals surface area (Å²) in [6.45, 7) is 2.35. The summed E-state index contributed by atoms with van der Waals surface area (Å²) >= 11 is 1.68. The number of esters is 1. The minimum Gasteiger partial charge on any atom is -0.455 e. The number of hydrogen-bond acceptors (Lipinski definition) is 5. The first kappa shape index (κ1) is 19.8. The van der Waals surface area contributed by atoms with Crippen LogP contribution in [0, 0.1) is 24.2 Å². The van der Waals surface area contributed by atoms with Crippen molar-refractivity contribution in [2.24, 2.45) is 17.3 Å². The Balaban J connectivity index is 1.20. The number of carbonyl (C=O) groups excluding carboxylic acids is 2. The van der Waals surface area contributed by atoms with Crippen molar-refractivity contribution in [3.63, 3.8) is 0 Å². The van der Waals surface area contributed by atoms with E-state index in [0.29, 0.717) is 24.8 Å². The quantitative estimate of drug-likeness (QED) is 0.416. The maximum atomic E-state index is 12.8. The molecule has 1 aromatic rings. The third kappa shape index (κ3) is 4.23. The SMILES string of the molecule is Cc1ccc(SCCNC(=O)COC(=O)C23CC4CC(CC(O)(C4)C2)C3)cc1. The summed E-state index contributed by atoms with van der Waals surface area (Å²) in [4.78, 5) is 26.0. The highest BCUT2D eigenvalue weighted by molar-refractivity contribution is 7.99. The van der Waals surface area contributed by atoms with E-state index in [1.807, 2.05) is 0 Å². The fraction of sp³-hybridized carbons (Fsp3) is 0.636. The molecule has 2 unspecified atom stereocenters. The highest BCUT2D eigenvalue weighted by Gasteiger charge is 2.60. The zero-order valence-electron chi connectivity index (χ0n) is 16.4. The molecule has 4 fully saturated rings. The second-order valence-electron chi connectivity index (χ2n) is 9.05. The molecule has 0 aromatic heterocycles. The van der Waals surface area contributed by atoms with Gasteiger partial charge in [0.2, 0.25) is 0 Å². The molecular formula is C22H29NO4S. The molecule has 152 valence electrons. The Morgan fingerprint density at radius 1 is 1.18 bits per heavy atom. The van der Waals surface area contributed by atoms with Crippen LogP contribution < -0.4 is 5.32 Å². The van der Waals surface area contributed by atoms with E-state index < -0.39 is 11.0 Å². The van der Waals surface area contributed by atoms with Gasteiger partial charge in [-0.05, 0) is 69.4 Å². The van der Waals surface area contributed by atoms with Crippen LogP contribution >= 0.6 is 11.8 Å².